The zero-order chi connectivity index (χ0) is 12.4. The van der Waals surface area contributed by atoms with Gasteiger partial charge in [-0.05, 0) is 43.7 Å². The Balaban J connectivity index is 2.18. The van der Waals surface area contributed by atoms with E-state index in [1.54, 1.807) is 31.2 Å². The summed E-state index contributed by atoms with van der Waals surface area (Å²) < 4.78 is 5.23. The molecule has 1 aromatic carbocycles. The highest BCUT2D eigenvalue weighted by Crippen LogP contribution is 2.23. The van der Waals surface area contributed by atoms with Gasteiger partial charge in [0.1, 0.15) is 5.76 Å². The summed E-state index contributed by atoms with van der Waals surface area (Å²) in [6.45, 7) is 3.73. The van der Waals surface area contributed by atoms with Crippen molar-refractivity contribution in [2.45, 2.75) is 13.8 Å². The number of carbonyl (C=O) groups excluding carboxylic acids is 1. The maximum absolute atomic E-state index is 11.8. The lowest BCUT2D eigenvalue weighted by atomic mass is 10.2. The van der Waals surface area contributed by atoms with Crippen molar-refractivity contribution in [3.05, 3.63) is 52.4 Å². The molecule has 0 atom stereocenters. The molecule has 1 amide bonds. The van der Waals surface area contributed by atoms with Gasteiger partial charge in [-0.1, -0.05) is 17.7 Å². The van der Waals surface area contributed by atoms with Gasteiger partial charge in [-0.25, -0.2) is 0 Å². The van der Waals surface area contributed by atoms with Crippen LogP contribution in [-0.4, -0.2) is 5.91 Å². The second-order valence-corrected chi connectivity index (χ2v) is 4.25. The number of anilines is 1. The SMILES string of the molecule is Cc1ccc(NC(=O)c2ccc(C)o2)c(Cl)c1. The Morgan fingerprint density at radius 2 is 2.00 bits per heavy atom. The molecule has 2 aromatic rings. The summed E-state index contributed by atoms with van der Waals surface area (Å²) in [5.41, 5.74) is 1.62. The molecule has 88 valence electrons. The van der Waals surface area contributed by atoms with Gasteiger partial charge in [0.05, 0.1) is 10.7 Å². The Labute approximate surface area is 104 Å². The Morgan fingerprint density at radius 3 is 2.59 bits per heavy atom. The van der Waals surface area contributed by atoms with Crippen molar-refractivity contribution in [1.29, 1.82) is 0 Å². The number of amides is 1. The average Bonchev–Trinajstić information content (AvgIpc) is 2.69. The molecule has 0 saturated heterocycles. The molecule has 0 saturated carbocycles. The van der Waals surface area contributed by atoms with Gasteiger partial charge in [0.25, 0.3) is 5.91 Å². The summed E-state index contributed by atoms with van der Waals surface area (Å²) in [7, 11) is 0. The zero-order valence-electron chi connectivity index (χ0n) is 9.58. The van der Waals surface area contributed by atoms with Crippen LogP contribution in [0.15, 0.2) is 34.7 Å². The Kier molecular flexibility index (Phi) is 3.20. The quantitative estimate of drug-likeness (QED) is 0.880. The van der Waals surface area contributed by atoms with Crippen LogP contribution in [-0.2, 0) is 0 Å². The maximum atomic E-state index is 11.8. The molecular weight excluding hydrogens is 238 g/mol. The maximum Gasteiger partial charge on any atom is 0.291 e. The first-order chi connectivity index (χ1) is 8.06. The van der Waals surface area contributed by atoms with Gasteiger partial charge in [0, 0.05) is 0 Å². The predicted molar refractivity (Wildman–Crippen MR) is 67.6 cm³/mol. The number of rotatable bonds is 2. The van der Waals surface area contributed by atoms with Crippen LogP contribution in [0.1, 0.15) is 21.9 Å². The van der Waals surface area contributed by atoms with E-state index in [-0.39, 0.29) is 11.7 Å². The predicted octanol–water partition coefficient (Wildman–Crippen LogP) is 3.80. The molecule has 4 heteroatoms. The number of benzene rings is 1. The Bertz CT molecular complexity index is 560. The molecule has 0 spiro atoms. The van der Waals surface area contributed by atoms with E-state index in [0.717, 1.165) is 5.56 Å². The topological polar surface area (TPSA) is 42.2 Å². The largest absolute Gasteiger partial charge is 0.456 e. The fourth-order valence-electron chi connectivity index (χ4n) is 1.46. The molecular formula is C13H12ClNO2. The van der Waals surface area contributed by atoms with E-state index < -0.39 is 0 Å². The second kappa shape index (κ2) is 4.63. The standard InChI is InChI=1S/C13H12ClNO2/c1-8-3-5-11(10(14)7-8)15-13(16)12-6-4-9(2)17-12/h3-7H,1-2H3,(H,15,16). The monoisotopic (exact) mass is 249 g/mol. The van der Waals surface area contributed by atoms with Crippen LogP contribution in [0.4, 0.5) is 5.69 Å². The third kappa shape index (κ3) is 2.68. The van der Waals surface area contributed by atoms with Crippen LogP contribution in [0.25, 0.3) is 0 Å². The number of nitrogens with one attached hydrogen (secondary N) is 1. The summed E-state index contributed by atoms with van der Waals surface area (Å²) in [5, 5.41) is 3.22. The van der Waals surface area contributed by atoms with Gasteiger partial charge in [0.15, 0.2) is 5.76 Å². The summed E-state index contributed by atoms with van der Waals surface area (Å²) in [6.07, 6.45) is 0. The van der Waals surface area contributed by atoms with Gasteiger partial charge in [0.2, 0.25) is 0 Å². The summed E-state index contributed by atoms with van der Waals surface area (Å²) in [5.74, 6) is 0.674. The van der Waals surface area contributed by atoms with Crippen molar-refractivity contribution < 1.29 is 9.21 Å². The first kappa shape index (κ1) is 11.7. The average molecular weight is 250 g/mol. The van der Waals surface area contributed by atoms with Crippen LogP contribution in [0.2, 0.25) is 5.02 Å². The minimum absolute atomic E-state index is 0.277. The van der Waals surface area contributed by atoms with E-state index in [4.69, 9.17) is 16.0 Å². The number of halogens is 1. The zero-order valence-corrected chi connectivity index (χ0v) is 10.3. The highest BCUT2D eigenvalue weighted by molar-refractivity contribution is 6.34. The Hall–Kier alpha value is -1.74. The van der Waals surface area contributed by atoms with Gasteiger partial charge in [-0.2, -0.15) is 0 Å². The molecule has 17 heavy (non-hydrogen) atoms. The molecule has 0 unspecified atom stereocenters. The molecule has 0 fully saturated rings. The first-order valence-electron chi connectivity index (χ1n) is 5.20. The lowest BCUT2D eigenvalue weighted by Gasteiger charge is -2.06. The number of carbonyl (C=O) groups is 1. The molecule has 1 heterocycles. The summed E-state index contributed by atoms with van der Waals surface area (Å²) in [4.78, 5) is 11.8. The summed E-state index contributed by atoms with van der Waals surface area (Å²) in [6, 6.07) is 8.82. The minimum Gasteiger partial charge on any atom is -0.456 e. The molecule has 1 aromatic heterocycles. The van der Waals surface area contributed by atoms with E-state index >= 15 is 0 Å². The van der Waals surface area contributed by atoms with Gasteiger partial charge in [-0.3, -0.25) is 4.79 Å². The van der Waals surface area contributed by atoms with Crippen LogP contribution in [0.3, 0.4) is 0 Å². The summed E-state index contributed by atoms with van der Waals surface area (Å²) >= 11 is 6.02. The number of aryl methyl sites for hydroxylation is 2. The van der Waals surface area contributed by atoms with Crippen molar-refractivity contribution in [3.63, 3.8) is 0 Å². The molecule has 1 N–H and O–H groups in total. The van der Waals surface area contributed by atoms with Crippen LogP contribution < -0.4 is 5.32 Å². The van der Waals surface area contributed by atoms with Crippen molar-refractivity contribution >= 4 is 23.2 Å². The van der Waals surface area contributed by atoms with E-state index in [0.29, 0.717) is 16.5 Å². The molecule has 0 aliphatic heterocycles. The molecule has 0 bridgehead atoms. The highest BCUT2D eigenvalue weighted by atomic mass is 35.5. The van der Waals surface area contributed by atoms with Crippen molar-refractivity contribution in [1.82, 2.24) is 0 Å². The fourth-order valence-corrected chi connectivity index (χ4v) is 1.74. The fraction of sp³-hybridized carbons (Fsp3) is 0.154. The van der Waals surface area contributed by atoms with Gasteiger partial charge in [-0.15, -0.1) is 0 Å². The normalized spacial score (nSPS) is 10.3. The third-order valence-electron chi connectivity index (χ3n) is 2.34. The van der Waals surface area contributed by atoms with E-state index in [1.807, 2.05) is 13.0 Å². The third-order valence-corrected chi connectivity index (χ3v) is 2.65. The smallest absolute Gasteiger partial charge is 0.291 e. The van der Waals surface area contributed by atoms with Crippen LogP contribution in [0.5, 0.6) is 0 Å². The van der Waals surface area contributed by atoms with Gasteiger partial charge >= 0.3 is 0 Å². The van der Waals surface area contributed by atoms with E-state index in [1.165, 1.54) is 0 Å². The van der Waals surface area contributed by atoms with Crippen LogP contribution in [0, 0.1) is 13.8 Å². The number of hydrogen-bond donors (Lipinski definition) is 1. The lowest BCUT2D eigenvalue weighted by molar-refractivity contribution is 0.0995. The van der Waals surface area contributed by atoms with Gasteiger partial charge < -0.3 is 9.73 Å². The Morgan fingerprint density at radius 1 is 1.24 bits per heavy atom. The van der Waals surface area contributed by atoms with Crippen LogP contribution >= 0.6 is 11.6 Å². The molecule has 0 aliphatic carbocycles. The highest BCUT2D eigenvalue weighted by Gasteiger charge is 2.11. The molecule has 0 aliphatic rings. The van der Waals surface area contributed by atoms with E-state index in [2.05, 4.69) is 5.32 Å². The molecule has 0 radical (unpaired) electrons. The van der Waals surface area contributed by atoms with E-state index in [9.17, 15) is 4.79 Å². The van der Waals surface area contributed by atoms with Crippen molar-refractivity contribution in [2.75, 3.05) is 5.32 Å². The van der Waals surface area contributed by atoms with Crippen molar-refractivity contribution in [3.8, 4) is 0 Å². The number of hydrogen-bond acceptors (Lipinski definition) is 2. The molecule has 2 rings (SSSR count). The lowest BCUT2D eigenvalue weighted by Crippen LogP contribution is -2.11. The second-order valence-electron chi connectivity index (χ2n) is 3.85. The molecule has 3 nitrogen and oxygen atoms in total. The first-order valence-corrected chi connectivity index (χ1v) is 5.58. The number of furan rings is 1. The van der Waals surface area contributed by atoms with Crippen molar-refractivity contribution in [2.24, 2.45) is 0 Å². The minimum atomic E-state index is -0.302.